The van der Waals surface area contributed by atoms with Crippen molar-refractivity contribution in [2.24, 2.45) is 17.6 Å². The fourth-order valence-electron chi connectivity index (χ4n) is 10.9. The Bertz CT molecular complexity index is 2410. The molecule has 61 heavy (non-hydrogen) atoms. The molecule has 7 N–H and O–H groups in total. The van der Waals surface area contributed by atoms with Gasteiger partial charge in [0.1, 0.15) is 36.1 Å². The Morgan fingerprint density at radius 1 is 1.11 bits per heavy atom. The molecular weight excluding hydrogens is 769 g/mol. The number of hydrogen-bond acceptors (Lipinski definition) is 11. The van der Waals surface area contributed by atoms with Crippen LogP contribution < -0.4 is 35.9 Å². The summed E-state index contributed by atoms with van der Waals surface area (Å²) in [7, 11) is 3.55. The Kier molecular flexibility index (Phi) is 11.1. The lowest BCUT2D eigenvalue weighted by Gasteiger charge is -2.39. The summed E-state index contributed by atoms with van der Waals surface area (Å²) in [4.78, 5) is 12.6. The van der Waals surface area contributed by atoms with Gasteiger partial charge >= 0.3 is 5.97 Å². The van der Waals surface area contributed by atoms with Crippen molar-refractivity contribution in [2.75, 3.05) is 33.9 Å². The first kappa shape index (κ1) is 41.0. The molecule has 6 aliphatic rings. The van der Waals surface area contributed by atoms with Gasteiger partial charge in [0.15, 0.2) is 11.5 Å². The van der Waals surface area contributed by atoms with Gasteiger partial charge in [-0.25, -0.2) is 0 Å². The number of benzene rings is 3. The Morgan fingerprint density at radius 2 is 1.97 bits per heavy atom. The maximum absolute atomic E-state index is 12.6. The van der Waals surface area contributed by atoms with Gasteiger partial charge in [0, 0.05) is 59.2 Å². The number of esters is 1. The molecule has 4 aliphatic heterocycles. The van der Waals surface area contributed by atoms with Gasteiger partial charge in [0.05, 0.1) is 30.9 Å². The number of allylic oxidation sites excluding steroid dienone is 3. The highest BCUT2D eigenvalue weighted by atomic mass is 16.5. The fourth-order valence-corrected chi connectivity index (χ4v) is 10.9. The third kappa shape index (κ3) is 7.53. The number of carbonyl (C=O) groups is 1. The van der Waals surface area contributed by atoms with Crippen molar-refractivity contribution < 1.29 is 34.0 Å². The van der Waals surface area contributed by atoms with Crippen molar-refractivity contribution >= 4 is 12.0 Å². The third-order valence-corrected chi connectivity index (χ3v) is 13.6. The average Bonchev–Trinajstić information content (AvgIpc) is 3.73. The molecule has 320 valence electrons. The van der Waals surface area contributed by atoms with E-state index in [1.165, 1.54) is 6.92 Å². The second-order valence-electron chi connectivity index (χ2n) is 18.2. The lowest BCUT2D eigenvalue weighted by atomic mass is 9.65. The predicted octanol–water partition coefficient (Wildman–Crippen LogP) is 6.79. The number of carbonyl (C=O) groups excluding carboxylic acids is 1. The molecule has 4 heterocycles. The normalized spacial score (nSPS) is 26.5. The molecule has 1 spiro atoms. The highest BCUT2D eigenvalue weighted by Gasteiger charge is 2.51. The number of methoxy groups -OCH3 is 1. The summed E-state index contributed by atoms with van der Waals surface area (Å²) in [6.07, 6.45) is 12.7. The second-order valence-corrected chi connectivity index (χ2v) is 18.2. The summed E-state index contributed by atoms with van der Waals surface area (Å²) in [6.45, 7) is 7.31. The summed E-state index contributed by atoms with van der Waals surface area (Å²) < 4.78 is 26.2. The molecule has 11 nitrogen and oxygen atoms in total. The van der Waals surface area contributed by atoms with E-state index in [0.717, 1.165) is 94.6 Å². The number of phenolic OH excluding ortho intramolecular Hbond substituents is 2. The highest BCUT2D eigenvalue weighted by Crippen LogP contribution is 2.63. The van der Waals surface area contributed by atoms with E-state index in [-0.39, 0.29) is 47.8 Å². The first-order valence-corrected chi connectivity index (χ1v) is 21.9. The van der Waals surface area contributed by atoms with Gasteiger partial charge in [-0.15, -0.1) is 0 Å². The van der Waals surface area contributed by atoms with Gasteiger partial charge < -0.3 is 50.8 Å². The molecule has 2 aliphatic carbocycles. The molecule has 1 fully saturated rings. The largest absolute Gasteiger partial charge is 0.508 e. The van der Waals surface area contributed by atoms with Crippen LogP contribution in [0.3, 0.4) is 0 Å². The molecule has 3 aromatic rings. The number of ether oxygens (including phenoxy) is 4. The zero-order valence-electron chi connectivity index (χ0n) is 35.8. The number of phenols is 2. The molecule has 0 saturated heterocycles. The lowest BCUT2D eigenvalue weighted by Crippen LogP contribution is -2.46. The third-order valence-electron chi connectivity index (χ3n) is 13.6. The zero-order valence-corrected chi connectivity index (χ0v) is 35.8. The van der Waals surface area contributed by atoms with Crippen molar-refractivity contribution in [3.05, 3.63) is 93.2 Å². The van der Waals surface area contributed by atoms with E-state index in [9.17, 15) is 15.0 Å². The van der Waals surface area contributed by atoms with Crippen LogP contribution in [0.2, 0.25) is 0 Å². The van der Waals surface area contributed by atoms with Crippen LogP contribution in [0.1, 0.15) is 98.3 Å². The van der Waals surface area contributed by atoms with E-state index < -0.39 is 12.0 Å². The van der Waals surface area contributed by atoms with Gasteiger partial charge in [-0.1, -0.05) is 50.1 Å². The van der Waals surface area contributed by atoms with Crippen molar-refractivity contribution in [1.29, 1.82) is 0 Å². The zero-order chi connectivity index (χ0) is 42.6. The van der Waals surface area contributed by atoms with Crippen molar-refractivity contribution in [2.45, 2.75) is 101 Å². The van der Waals surface area contributed by atoms with Crippen LogP contribution in [0.4, 0.5) is 0 Å². The van der Waals surface area contributed by atoms with Crippen molar-refractivity contribution in [3.8, 4) is 51.7 Å². The predicted molar refractivity (Wildman–Crippen MR) is 236 cm³/mol. The summed E-state index contributed by atoms with van der Waals surface area (Å²) in [5.74, 6) is 9.03. The second kappa shape index (κ2) is 16.5. The molecule has 4 bridgehead atoms. The summed E-state index contributed by atoms with van der Waals surface area (Å²) in [5, 5.41) is 33.3. The SMILES string of the molecule is CNC[C@@H]1Oc2c(O)cc3c(c2C=C[C@@H]1NCCC(C)C)[C@H]1Oc2c(ccc4c2[C@]2(CC[C@@H](CC5=C(C#CC3)NC(N)C=C5)C2)Cc2cc(O)cc(OC)c2-4)[C@@H]1COC(C)=O. The van der Waals surface area contributed by atoms with Crippen LogP contribution in [-0.2, 0) is 27.8 Å². The summed E-state index contributed by atoms with van der Waals surface area (Å²) in [6, 6.07) is 9.50. The van der Waals surface area contributed by atoms with E-state index >= 15 is 0 Å². The topological polar surface area (TPSA) is 157 Å². The van der Waals surface area contributed by atoms with Gasteiger partial charge in [0.25, 0.3) is 0 Å². The maximum Gasteiger partial charge on any atom is 0.302 e. The monoisotopic (exact) mass is 826 g/mol. The summed E-state index contributed by atoms with van der Waals surface area (Å²) in [5.41, 5.74) is 15.5. The van der Waals surface area contributed by atoms with E-state index in [1.54, 1.807) is 19.2 Å². The molecule has 0 amide bonds. The van der Waals surface area contributed by atoms with Crippen LogP contribution in [0.25, 0.3) is 17.2 Å². The molecule has 1 unspecified atom stereocenters. The van der Waals surface area contributed by atoms with Gasteiger partial charge in [-0.2, -0.15) is 0 Å². The smallest absolute Gasteiger partial charge is 0.302 e. The highest BCUT2D eigenvalue weighted by molar-refractivity contribution is 5.84. The van der Waals surface area contributed by atoms with Crippen LogP contribution in [0, 0.1) is 23.7 Å². The minimum Gasteiger partial charge on any atom is -0.508 e. The Balaban J connectivity index is 1.29. The van der Waals surface area contributed by atoms with Gasteiger partial charge in [0.2, 0.25) is 0 Å². The molecule has 0 aromatic heterocycles. The quantitative estimate of drug-likeness (QED) is 0.0998. The first-order chi connectivity index (χ1) is 29.5. The molecule has 1 saturated carbocycles. The molecule has 3 aromatic carbocycles. The number of nitrogens with one attached hydrogen (secondary N) is 3. The van der Waals surface area contributed by atoms with E-state index in [2.05, 4.69) is 72.0 Å². The number of hydrogen-bond donors (Lipinski definition) is 6. The molecular formula is C50H58N4O7. The number of likely N-dealkylation sites (N-methyl/N-ethyl adjacent to an activating group) is 1. The van der Waals surface area contributed by atoms with E-state index in [0.29, 0.717) is 48.3 Å². The van der Waals surface area contributed by atoms with Crippen LogP contribution in [0.15, 0.2) is 59.8 Å². The van der Waals surface area contributed by atoms with Gasteiger partial charge in [-0.3, -0.25) is 4.79 Å². The number of fused-ring (bicyclic) bond motifs is 8. The number of nitrogens with two attached hydrogens (primary N) is 1. The molecule has 7 atom stereocenters. The minimum atomic E-state index is -0.630. The number of dihydropyridines is 1. The van der Waals surface area contributed by atoms with E-state index in [1.807, 2.05) is 19.2 Å². The summed E-state index contributed by atoms with van der Waals surface area (Å²) >= 11 is 0. The fraction of sp³-hybridized carbons (Fsp3) is 0.460. The maximum atomic E-state index is 12.6. The number of aromatic hydroxyl groups is 2. The lowest BCUT2D eigenvalue weighted by molar-refractivity contribution is -0.141. The first-order valence-electron chi connectivity index (χ1n) is 21.9. The minimum absolute atomic E-state index is 0.0235. The molecule has 0 radical (unpaired) electrons. The number of rotatable bonds is 9. The average molecular weight is 827 g/mol. The molecule has 9 rings (SSSR count). The van der Waals surface area contributed by atoms with Crippen LogP contribution >= 0.6 is 0 Å². The molecule has 11 heteroatoms. The van der Waals surface area contributed by atoms with Crippen molar-refractivity contribution in [3.63, 3.8) is 0 Å². The standard InChI is InChI=1S/C50H58N4O7/c1-27(2)16-18-53-39-13-12-36-45-31(21-40(57)47(36)60-42(39)25-52-4)7-6-8-38-30(9-14-43(51)54-38)19-29-15-17-50(23-29)24-32-20-33(56)22-41(58-5)44(32)35-11-10-34-37(26-59-28(3)55)48(45)61-49(34)46(35)50/h9-14,20-22,27,29,37,39,42-43,48,52-54,56-57H,7,15-19,23-26,51H2,1-5H3/t29-,37-,39-,42-,43?,48-,50-/m0/s1. The van der Waals surface area contributed by atoms with Crippen molar-refractivity contribution in [1.82, 2.24) is 16.0 Å². The Hall–Kier alpha value is -5.41. The van der Waals surface area contributed by atoms with Gasteiger partial charge in [-0.05, 0) is 110 Å². The van der Waals surface area contributed by atoms with E-state index in [4.69, 9.17) is 24.7 Å². The van der Waals surface area contributed by atoms with Crippen LogP contribution in [0.5, 0.6) is 28.7 Å². The Labute approximate surface area is 358 Å². The Morgan fingerprint density at radius 3 is 2.75 bits per heavy atom. The van der Waals surface area contributed by atoms with Crippen LogP contribution in [-0.4, -0.2) is 68.3 Å².